The van der Waals surface area contributed by atoms with Crippen LogP contribution in [0.2, 0.25) is 0 Å². The first-order valence-corrected chi connectivity index (χ1v) is 6.15. The van der Waals surface area contributed by atoms with Gasteiger partial charge in [0.15, 0.2) is 0 Å². The number of nitrogens with zero attached hydrogens (tertiary/aromatic N) is 1. The second kappa shape index (κ2) is 9.16. The van der Waals surface area contributed by atoms with Gasteiger partial charge in [-0.1, -0.05) is 0 Å². The Labute approximate surface area is 116 Å². The van der Waals surface area contributed by atoms with Crippen LogP contribution in [0.15, 0.2) is 0 Å². The van der Waals surface area contributed by atoms with E-state index in [9.17, 15) is 9.59 Å². The van der Waals surface area contributed by atoms with Crippen molar-refractivity contribution in [3.8, 4) is 0 Å². The van der Waals surface area contributed by atoms with Gasteiger partial charge in [0.1, 0.15) is 0 Å². The lowest BCUT2D eigenvalue weighted by molar-refractivity contribution is -0.133. The van der Waals surface area contributed by atoms with E-state index >= 15 is 0 Å². The minimum atomic E-state index is -0.407. The van der Waals surface area contributed by atoms with Gasteiger partial charge in [-0.05, 0) is 27.7 Å². The molecule has 18 heavy (non-hydrogen) atoms. The van der Waals surface area contributed by atoms with Gasteiger partial charge in [-0.3, -0.25) is 9.59 Å². The van der Waals surface area contributed by atoms with Gasteiger partial charge in [-0.25, -0.2) is 0 Å². The third-order valence-electron chi connectivity index (χ3n) is 2.67. The van der Waals surface area contributed by atoms with Crippen molar-refractivity contribution in [1.82, 2.24) is 10.2 Å². The Balaban J connectivity index is 0. The summed E-state index contributed by atoms with van der Waals surface area (Å²) in [6, 6.07) is 0. The number of hydrogen-bond acceptors (Lipinski definition) is 3. The fraction of sp³-hybridized carbons (Fsp3) is 0.833. The predicted molar refractivity (Wildman–Crippen MR) is 75.7 cm³/mol. The highest BCUT2D eigenvalue weighted by atomic mass is 35.5. The van der Waals surface area contributed by atoms with Crippen molar-refractivity contribution in [2.45, 2.75) is 46.1 Å². The molecule has 0 aliphatic rings. The average Bonchev–Trinajstić information content (AvgIpc) is 2.27. The molecule has 0 aromatic carbocycles. The van der Waals surface area contributed by atoms with Gasteiger partial charge in [0.05, 0.1) is 0 Å². The van der Waals surface area contributed by atoms with Crippen molar-refractivity contribution in [3.63, 3.8) is 0 Å². The molecular weight excluding hydrogens is 254 g/mol. The standard InChI is InChI=1S/C12H25N3O2.ClH/c1-5-15(6-2)11(17)8-7-10(16)14-12(3,4)9-13;/h5-9,13H2,1-4H3,(H,14,16);1H. The normalized spacial score (nSPS) is 10.5. The van der Waals surface area contributed by atoms with Crippen molar-refractivity contribution < 1.29 is 9.59 Å². The lowest BCUT2D eigenvalue weighted by Crippen LogP contribution is -2.49. The number of amides is 2. The maximum absolute atomic E-state index is 11.7. The van der Waals surface area contributed by atoms with Crippen molar-refractivity contribution in [2.75, 3.05) is 19.6 Å². The van der Waals surface area contributed by atoms with Crippen molar-refractivity contribution in [3.05, 3.63) is 0 Å². The van der Waals surface area contributed by atoms with Crippen molar-refractivity contribution in [1.29, 1.82) is 0 Å². The topological polar surface area (TPSA) is 75.4 Å². The SMILES string of the molecule is CCN(CC)C(=O)CCC(=O)NC(C)(C)CN.Cl. The average molecular weight is 280 g/mol. The van der Waals surface area contributed by atoms with Gasteiger partial charge >= 0.3 is 0 Å². The highest BCUT2D eigenvalue weighted by molar-refractivity contribution is 5.85. The van der Waals surface area contributed by atoms with E-state index in [1.165, 1.54) is 0 Å². The van der Waals surface area contributed by atoms with Crippen molar-refractivity contribution >= 4 is 24.2 Å². The number of hydrogen-bond donors (Lipinski definition) is 2. The number of carbonyl (C=O) groups excluding carboxylic acids is 2. The molecule has 3 N–H and O–H groups in total. The van der Waals surface area contributed by atoms with E-state index in [2.05, 4.69) is 5.32 Å². The number of nitrogens with two attached hydrogens (primary N) is 1. The Bertz CT molecular complexity index is 266. The molecule has 0 saturated heterocycles. The van der Waals surface area contributed by atoms with Crippen LogP contribution in [0.4, 0.5) is 0 Å². The molecule has 0 aliphatic heterocycles. The van der Waals surface area contributed by atoms with E-state index < -0.39 is 5.54 Å². The summed E-state index contributed by atoms with van der Waals surface area (Å²) in [5.74, 6) is -0.100. The minimum absolute atomic E-state index is 0. The molecule has 0 rings (SSSR count). The molecule has 108 valence electrons. The van der Waals surface area contributed by atoms with Gasteiger partial charge < -0.3 is 16.0 Å². The fourth-order valence-corrected chi connectivity index (χ4v) is 1.45. The van der Waals surface area contributed by atoms with E-state index in [0.717, 1.165) is 0 Å². The quantitative estimate of drug-likeness (QED) is 0.727. The summed E-state index contributed by atoms with van der Waals surface area (Å²) in [5, 5.41) is 2.80. The fourth-order valence-electron chi connectivity index (χ4n) is 1.45. The Morgan fingerprint density at radius 3 is 2.06 bits per heavy atom. The first-order valence-electron chi connectivity index (χ1n) is 6.15. The largest absolute Gasteiger partial charge is 0.350 e. The molecule has 0 heterocycles. The molecule has 0 aromatic rings. The molecule has 6 heteroatoms. The first kappa shape index (κ1) is 19.5. The lowest BCUT2D eigenvalue weighted by atomic mass is 10.1. The Morgan fingerprint density at radius 2 is 1.67 bits per heavy atom. The van der Waals surface area contributed by atoms with Crippen LogP contribution in [0.5, 0.6) is 0 Å². The first-order chi connectivity index (χ1) is 7.86. The molecule has 0 aliphatic carbocycles. The number of halogens is 1. The van der Waals surface area contributed by atoms with E-state index in [1.807, 2.05) is 27.7 Å². The molecule has 0 radical (unpaired) electrons. The van der Waals surface area contributed by atoms with Crippen LogP contribution in [0.3, 0.4) is 0 Å². The van der Waals surface area contributed by atoms with Gasteiger partial charge in [0.2, 0.25) is 11.8 Å². The van der Waals surface area contributed by atoms with Gasteiger partial charge in [0, 0.05) is 38.0 Å². The smallest absolute Gasteiger partial charge is 0.223 e. The molecule has 0 saturated carbocycles. The van der Waals surface area contributed by atoms with Gasteiger partial charge in [0.25, 0.3) is 0 Å². The molecule has 0 spiro atoms. The van der Waals surface area contributed by atoms with E-state index in [1.54, 1.807) is 4.90 Å². The van der Waals surface area contributed by atoms with Crippen LogP contribution in [-0.4, -0.2) is 41.9 Å². The van der Waals surface area contributed by atoms with Crippen LogP contribution >= 0.6 is 12.4 Å². The minimum Gasteiger partial charge on any atom is -0.350 e. The molecule has 0 fully saturated rings. The monoisotopic (exact) mass is 279 g/mol. The molecular formula is C12H26ClN3O2. The Kier molecular flexibility index (Phi) is 9.94. The van der Waals surface area contributed by atoms with E-state index in [0.29, 0.717) is 19.6 Å². The maximum atomic E-state index is 11.7. The second-order valence-corrected chi connectivity index (χ2v) is 4.70. The predicted octanol–water partition coefficient (Wildman–Crippen LogP) is 0.910. The summed E-state index contributed by atoms with van der Waals surface area (Å²) in [7, 11) is 0. The number of carbonyl (C=O) groups is 2. The molecule has 0 atom stereocenters. The molecule has 0 bridgehead atoms. The highest BCUT2D eigenvalue weighted by Crippen LogP contribution is 2.02. The van der Waals surface area contributed by atoms with Crippen LogP contribution in [0.1, 0.15) is 40.5 Å². The zero-order valence-electron chi connectivity index (χ0n) is 11.8. The van der Waals surface area contributed by atoms with Crippen LogP contribution < -0.4 is 11.1 Å². The second-order valence-electron chi connectivity index (χ2n) is 4.70. The van der Waals surface area contributed by atoms with Crippen LogP contribution in [0, 0.1) is 0 Å². The summed E-state index contributed by atoms with van der Waals surface area (Å²) in [5.41, 5.74) is 5.10. The zero-order valence-corrected chi connectivity index (χ0v) is 12.6. The molecule has 0 aromatic heterocycles. The maximum Gasteiger partial charge on any atom is 0.223 e. The summed E-state index contributed by atoms with van der Waals surface area (Å²) < 4.78 is 0. The van der Waals surface area contributed by atoms with E-state index in [4.69, 9.17) is 5.73 Å². The molecule has 2 amide bonds. The summed E-state index contributed by atoms with van der Waals surface area (Å²) in [4.78, 5) is 25.0. The number of rotatable bonds is 7. The summed E-state index contributed by atoms with van der Waals surface area (Å²) in [6.45, 7) is 9.32. The third-order valence-corrected chi connectivity index (χ3v) is 2.67. The van der Waals surface area contributed by atoms with Crippen LogP contribution in [0.25, 0.3) is 0 Å². The number of nitrogens with one attached hydrogen (secondary N) is 1. The Morgan fingerprint density at radius 1 is 1.17 bits per heavy atom. The summed E-state index contributed by atoms with van der Waals surface area (Å²) in [6.07, 6.45) is 0.479. The lowest BCUT2D eigenvalue weighted by Gasteiger charge is -2.24. The zero-order chi connectivity index (χ0) is 13.5. The Hall–Kier alpha value is -0.810. The molecule has 5 nitrogen and oxygen atoms in total. The van der Waals surface area contributed by atoms with Gasteiger partial charge in [-0.15, -0.1) is 12.4 Å². The third kappa shape index (κ3) is 7.50. The summed E-state index contributed by atoms with van der Waals surface area (Å²) >= 11 is 0. The van der Waals surface area contributed by atoms with Gasteiger partial charge in [-0.2, -0.15) is 0 Å². The van der Waals surface area contributed by atoms with E-state index in [-0.39, 0.29) is 37.1 Å². The van der Waals surface area contributed by atoms with Crippen molar-refractivity contribution in [2.24, 2.45) is 5.73 Å². The van der Waals surface area contributed by atoms with Crippen LogP contribution in [-0.2, 0) is 9.59 Å². The molecule has 0 unspecified atom stereocenters. The highest BCUT2D eigenvalue weighted by Gasteiger charge is 2.19.